The van der Waals surface area contributed by atoms with Crippen LogP contribution in [0.2, 0.25) is 0 Å². The van der Waals surface area contributed by atoms with Gasteiger partial charge in [0.2, 0.25) is 15.9 Å². The number of hydrogen-bond acceptors (Lipinski definition) is 4. The van der Waals surface area contributed by atoms with E-state index in [1.807, 2.05) is 36.4 Å². The Hall–Kier alpha value is -2.22. The van der Waals surface area contributed by atoms with Crippen LogP contribution in [-0.4, -0.2) is 74.5 Å². The van der Waals surface area contributed by atoms with Crippen molar-refractivity contribution >= 4 is 15.9 Å². The maximum absolute atomic E-state index is 12.5. The van der Waals surface area contributed by atoms with E-state index in [9.17, 15) is 13.2 Å². The highest BCUT2D eigenvalue weighted by Crippen LogP contribution is 2.29. The third kappa shape index (κ3) is 4.98. The summed E-state index contributed by atoms with van der Waals surface area (Å²) in [5, 5.41) is 0. The van der Waals surface area contributed by atoms with Gasteiger partial charge in [-0.05, 0) is 11.1 Å². The first-order valence-electron chi connectivity index (χ1n) is 9.39. The van der Waals surface area contributed by atoms with Crippen molar-refractivity contribution < 1.29 is 13.2 Å². The summed E-state index contributed by atoms with van der Waals surface area (Å²) in [5.41, 5.74) is 2.45. The average molecular weight is 402 g/mol. The minimum absolute atomic E-state index is 0.111. The average Bonchev–Trinajstić information content (AvgIpc) is 2.69. The lowest BCUT2D eigenvalue weighted by molar-refractivity contribution is -0.133. The zero-order valence-electron chi connectivity index (χ0n) is 16.4. The van der Waals surface area contributed by atoms with Crippen molar-refractivity contribution in [2.24, 2.45) is 0 Å². The van der Waals surface area contributed by atoms with Gasteiger partial charge in [0.1, 0.15) is 0 Å². The third-order valence-electron chi connectivity index (χ3n) is 5.19. The molecule has 0 aliphatic carbocycles. The molecule has 1 aliphatic rings. The van der Waals surface area contributed by atoms with Crippen LogP contribution in [0.3, 0.4) is 0 Å². The summed E-state index contributed by atoms with van der Waals surface area (Å²) in [5.74, 6) is -0.149. The Balaban J connectivity index is 1.70. The van der Waals surface area contributed by atoms with Crippen LogP contribution in [-0.2, 0) is 14.8 Å². The predicted molar refractivity (Wildman–Crippen MR) is 110 cm³/mol. The summed E-state index contributed by atoms with van der Waals surface area (Å²) < 4.78 is 24.2. The maximum Gasteiger partial charge on any atom is 0.237 e. The Kier molecular flexibility index (Phi) is 6.49. The normalized spacial score (nSPS) is 15.9. The number of rotatable bonds is 6. The van der Waals surface area contributed by atoms with E-state index in [1.54, 1.807) is 4.90 Å². The largest absolute Gasteiger partial charge is 0.339 e. The van der Waals surface area contributed by atoms with Gasteiger partial charge in [-0.25, -0.2) is 8.42 Å². The molecule has 3 rings (SSSR count). The fourth-order valence-corrected chi connectivity index (χ4v) is 3.87. The van der Waals surface area contributed by atoms with E-state index >= 15 is 0 Å². The van der Waals surface area contributed by atoms with Crippen LogP contribution in [0.5, 0.6) is 0 Å². The second-order valence-corrected chi connectivity index (χ2v) is 9.25. The summed E-state index contributed by atoms with van der Waals surface area (Å²) >= 11 is 0. The molecule has 150 valence electrons. The molecule has 0 bridgehead atoms. The van der Waals surface area contributed by atoms with E-state index < -0.39 is 10.0 Å². The van der Waals surface area contributed by atoms with Crippen molar-refractivity contribution in [2.75, 3.05) is 46.0 Å². The summed E-state index contributed by atoms with van der Waals surface area (Å²) in [4.78, 5) is 16.6. The molecule has 7 heteroatoms. The molecule has 0 radical (unpaired) electrons. The van der Waals surface area contributed by atoms with Crippen molar-refractivity contribution in [1.82, 2.24) is 14.1 Å². The number of hydrogen-bond donors (Lipinski definition) is 0. The minimum Gasteiger partial charge on any atom is -0.339 e. The highest BCUT2D eigenvalue weighted by Gasteiger charge is 2.29. The lowest BCUT2D eigenvalue weighted by Gasteiger charge is -2.40. The van der Waals surface area contributed by atoms with Gasteiger partial charge in [0.25, 0.3) is 0 Å². The molecule has 0 unspecified atom stereocenters. The standard InChI is InChI=1S/C21H27N3O3S/c1-22(28(2,26)27)17-20(25)23-13-15-24(16-14-23)21(18-9-5-3-6-10-18)19-11-7-4-8-12-19/h3-12,21H,13-17H2,1-2H3. The number of piperazine rings is 1. The number of benzene rings is 2. The number of carbonyl (C=O) groups excluding carboxylic acids is 1. The molecule has 1 saturated heterocycles. The van der Waals surface area contributed by atoms with Gasteiger partial charge in [-0.3, -0.25) is 9.69 Å². The van der Waals surface area contributed by atoms with Crippen LogP contribution < -0.4 is 0 Å². The van der Waals surface area contributed by atoms with E-state index in [2.05, 4.69) is 29.2 Å². The van der Waals surface area contributed by atoms with Gasteiger partial charge in [0.15, 0.2) is 0 Å². The van der Waals surface area contributed by atoms with Crippen LogP contribution in [0, 0.1) is 0 Å². The van der Waals surface area contributed by atoms with Crippen LogP contribution in [0.15, 0.2) is 60.7 Å². The molecule has 1 aliphatic heterocycles. The molecule has 28 heavy (non-hydrogen) atoms. The van der Waals surface area contributed by atoms with Crippen LogP contribution in [0.4, 0.5) is 0 Å². The monoisotopic (exact) mass is 401 g/mol. The van der Waals surface area contributed by atoms with Gasteiger partial charge in [0.05, 0.1) is 18.8 Å². The number of sulfonamides is 1. The first kappa shape index (κ1) is 20.5. The Morgan fingerprint density at radius 1 is 0.929 bits per heavy atom. The quantitative estimate of drug-likeness (QED) is 0.741. The van der Waals surface area contributed by atoms with Gasteiger partial charge < -0.3 is 4.90 Å². The van der Waals surface area contributed by atoms with Gasteiger partial charge in [-0.15, -0.1) is 0 Å². The van der Waals surface area contributed by atoms with Gasteiger partial charge in [0, 0.05) is 33.2 Å². The number of nitrogens with zero attached hydrogens (tertiary/aromatic N) is 3. The molecule has 6 nitrogen and oxygen atoms in total. The topological polar surface area (TPSA) is 60.9 Å². The lowest BCUT2D eigenvalue weighted by atomic mass is 9.96. The zero-order chi connectivity index (χ0) is 20.1. The molecule has 1 fully saturated rings. The second kappa shape index (κ2) is 8.86. The maximum atomic E-state index is 12.5. The molecule has 0 atom stereocenters. The molecular weight excluding hydrogens is 374 g/mol. The van der Waals surface area contributed by atoms with Crippen LogP contribution in [0.25, 0.3) is 0 Å². The summed E-state index contributed by atoms with van der Waals surface area (Å²) in [7, 11) is -1.92. The molecule has 1 heterocycles. The molecule has 0 saturated carbocycles. The molecular formula is C21H27N3O3S. The summed E-state index contributed by atoms with van der Waals surface area (Å²) in [6, 6.07) is 20.9. The minimum atomic E-state index is -3.36. The fourth-order valence-electron chi connectivity index (χ4n) is 3.52. The van der Waals surface area contributed by atoms with E-state index in [-0.39, 0.29) is 18.5 Å². The predicted octanol–water partition coefficient (Wildman–Crippen LogP) is 1.81. The number of likely N-dealkylation sites (N-methyl/N-ethyl adjacent to an activating group) is 1. The SMILES string of the molecule is CN(CC(=O)N1CCN(C(c2ccccc2)c2ccccc2)CC1)S(C)(=O)=O. The second-order valence-electron chi connectivity index (χ2n) is 7.16. The molecule has 0 spiro atoms. The Morgan fingerprint density at radius 2 is 1.39 bits per heavy atom. The summed E-state index contributed by atoms with van der Waals surface area (Å²) in [6.07, 6.45) is 1.11. The highest BCUT2D eigenvalue weighted by atomic mass is 32.2. The molecule has 2 aromatic carbocycles. The van der Waals surface area contributed by atoms with Crippen molar-refractivity contribution in [2.45, 2.75) is 6.04 Å². The van der Waals surface area contributed by atoms with Crippen molar-refractivity contribution in [3.63, 3.8) is 0 Å². The third-order valence-corrected chi connectivity index (χ3v) is 6.45. The number of amides is 1. The van der Waals surface area contributed by atoms with Crippen molar-refractivity contribution in [3.8, 4) is 0 Å². The molecule has 0 aromatic heterocycles. The van der Waals surface area contributed by atoms with Crippen LogP contribution >= 0.6 is 0 Å². The van der Waals surface area contributed by atoms with E-state index in [0.717, 1.165) is 23.7 Å². The van der Waals surface area contributed by atoms with E-state index in [4.69, 9.17) is 0 Å². The van der Waals surface area contributed by atoms with Gasteiger partial charge >= 0.3 is 0 Å². The van der Waals surface area contributed by atoms with E-state index in [0.29, 0.717) is 13.1 Å². The molecule has 0 N–H and O–H groups in total. The van der Waals surface area contributed by atoms with Crippen LogP contribution in [0.1, 0.15) is 17.2 Å². The molecule has 2 aromatic rings. The first-order chi connectivity index (χ1) is 13.4. The Morgan fingerprint density at radius 3 is 1.82 bits per heavy atom. The zero-order valence-corrected chi connectivity index (χ0v) is 17.2. The smallest absolute Gasteiger partial charge is 0.237 e. The van der Waals surface area contributed by atoms with Crippen molar-refractivity contribution in [3.05, 3.63) is 71.8 Å². The molecule has 1 amide bonds. The Labute approximate surface area is 167 Å². The summed E-state index contributed by atoms with van der Waals surface area (Å²) in [6.45, 7) is 2.55. The highest BCUT2D eigenvalue weighted by molar-refractivity contribution is 7.88. The van der Waals surface area contributed by atoms with E-state index in [1.165, 1.54) is 18.2 Å². The lowest BCUT2D eigenvalue weighted by Crippen LogP contribution is -2.52. The fraction of sp³-hybridized carbons (Fsp3) is 0.381. The van der Waals surface area contributed by atoms with Crippen molar-refractivity contribution in [1.29, 1.82) is 0 Å². The first-order valence-corrected chi connectivity index (χ1v) is 11.2. The number of carbonyl (C=O) groups is 1. The Bertz CT molecular complexity index is 840. The van der Waals surface area contributed by atoms with Gasteiger partial charge in [-0.1, -0.05) is 60.7 Å². The van der Waals surface area contributed by atoms with Gasteiger partial charge in [-0.2, -0.15) is 4.31 Å².